The molecule has 1 aromatic heterocycles. The van der Waals surface area contributed by atoms with Gasteiger partial charge in [0.25, 0.3) is 11.6 Å². The number of hydrogen-bond donors (Lipinski definition) is 1. The number of furan rings is 1. The van der Waals surface area contributed by atoms with Crippen molar-refractivity contribution in [3.05, 3.63) is 86.5 Å². The summed E-state index contributed by atoms with van der Waals surface area (Å²) >= 11 is 6.46. The highest BCUT2D eigenvalue weighted by molar-refractivity contribution is 8.27. The third-order valence-electron chi connectivity index (χ3n) is 4.75. The van der Waals surface area contributed by atoms with Crippen molar-refractivity contribution >= 4 is 57.6 Å². The summed E-state index contributed by atoms with van der Waals surface area (Å²) in [6, 6.07) is 13.8. The van der Waals surface area contributed by atoms with E-state index in [1.165, 1.54) is 29.2 Å². The van der Waals surface area contributed by atoms with E-state index < -0.39 is 10.9 Å². The van der Waals surface area contributed by atoms with Crippen LogP contribution in [0.15, 0.2) is 63.9 Å². The number of nitrogens with zero attached hydrogens (tertiary/aromatic N) is 2. The van der Waals surface area contributed by atoms with Crippen molar-refractivity contribution in [2.75, 3.05) is 4.90 Å². The number of amides is 1. The molecule has 4 rings (SSSR count). The Balaban J connectivity index is 1.61. The molecule has 32 heavy (non-hydrogen) atoms. The zero-order chi connectivity index (χ0) is 23.0. The topological polar surface area (TPSA) is 114 Å². The predicted molar refractivity (Wildman–Crippen MR) is 125 cm³/mol. The Morgan fingerprint density at radius 1 is 1.19 bits per heavy atom. The van der Waals surface area contributed by atoms with Crippen molar-refractivity contribution in [2.45, 2.75) is 6.92 Å². The molecule has 0 bridgehead atoms. The van der Waals surface area contributed by atoms with Crippen molar-refractivity contribution in [1.82, 2.24) is 0 Å². The molecule has 1 fully saturated rings. The highest BCUT2D eigenvalue weighted by Gasteiger charge is 2.34. The monoisotopic (exact) mass is 466 g/mol. The zero-order valence-corrected chi connectivity index (χ0v) is 18.1. The number of benzene rings is 2. The van der Waals surface area contributed by atoms with Gasteiger partial charge in [-0.15, -0.1) is 0 Å². The van der Waals surface area contributed by atoms with Crippen LogP contribution in [0.4, 0.5) is 11.4 Å². The number of rotatable bonds is 5. The molecule has 1 aliphatic heterocycles. The first-order chi connectivity index (χ1) is 15.2. The number of thioether (sulfide) groups is 1. The summed E-state index contributed by atoms with van der Waals surface area (Å²) in [5.41, 5.74) is 1.82. The molecule has 2 heterocycles. The van der Waals surface area contributed by atoms with Crippen molar-refractivity contribution < 1.29 is 24.0 Å². The number of carboxylic acids is 1. The lowest BCUT2D eigenvalue weighted by atomic mass is 10.1. The largest absolute Gasteiger partial charge is 0.478 e. The predicted octanol–water partition coefficient (Wildman–Crippen LogP) is 5.27. The van der Waals surface area contributed by atoms with Crippen LogP contribution in [-0.2, 0) is 4.79 Å². The van der Waals surface area contributed by atoms with Crippen LogP contribution in [0.5, 0.6) is 0 Å². The van der Waals surface area contributed by atoms with Gasteiger partial charge < -0.3 is 9.52 Å². The Morgan fingerprint density at radius 2 is 1.91 bits per heavy atom. The van der Waals surface area contributed by atoms with Crippen LogP contribution in [0.2, 0.25) is 0 Å². The SMILES string of the molecule is Cc1ccc(C(=O)O)cc1N1C(=O)C(=Cc2ccc(-c3ccc([N+](=O)[O-])cc3)o2)SC1=S. The lowest BCUT2D eigenvalue weighted by Gasteiger charge is -2.17. The second kappa shape index (κ2) is 8.40. The minimum absolute atomic E-state index is 0.0218. The van der Waals surface area contributed by atoms with Gasteiger partial charge in [-0.25, -0.2) is 4.79 Å². The summed E-state index contributed by atoms with van der Waals surface area (Å²) in [5.74, 6) is -0.568. The molecule has 0 radical (unpaired) electrons. The normalized spacial score (nSPS) is 14.9. The van der Waals surface area contributed by atoms with Gasteiger partial charge in [0.15, 0.2) is 4.32 Å². The lowest BCUT2D eigenvalue weighted by Crippen LogP contribution is -2.28. The van der Waals surface area contributed by atoms with E-state index in [-0.39, 0.29) is 21.5 Å². The molecule has 0 aliphatic carbocycles. The number of nitro groups is 1. The Labute approximate surface area is 191 Å². The number of carbonyl (C=O) groups excluding carboxylic acids is 1. The zero-order valence-electron chi connectivity index (χ0n) is 16.5. The van der Waals surface area contributed by atoms with Gasteiger partial charge in [-0.3, -0.25) is 19.8 Å². The fraction of sp³-hybridized carbons (Fsp3) is 0.0455. The molecule has 2 aromatic carbocycles. The van der Waals surface area contributed by atoms with E-state index in [9.17, 15) is 24.8 Å². The Hall–Kier alpha value is -3.76. The maximum absolute atomic E-state index is 13.0. The van der Waals surface area contributed by atoms with E-state index in [0.717, 1.165) is 11.8 Å². The number of aromatic carboxylic acids is 1. The van der Waals surface area contributed by atoms with Crippen LogP contribution < -0.4 is 4.90 Å². The molecule has 1 aliphatic rings. The number of nitro benzene ring substituents is 1. The van der Waals surface area contributed by atoms with Crippen molar-refractivity contribution in [2.24, 2.45) is 0 Å². The summed E-state index contributed by atoms with van der Waals surface area (Å²) in [4.78, 5) is 36.3. The number of carboxylic acid groups (broad SMARTS) is 1. The van der Waals surface area contributed by atoms with Gasteiger partial charge in [0.05, 0.1) is 21.1 Å². The molecule has 8 nitrogen and oxygen atoms in total. The Kier molecular flexibility index (Phi) is 5.64. The summed E-state index contributed by atoms with van der Waals surface area (Å²) < 4.78 is 6.07. The number of aryl methyl sites for hydroxylation is 1. The second-order valence-corrected chi connectivity index (χ2v) is 8.51. The van der Waals surface area contributed by atoms with E-state index in [1.54, 1.807) is 43.3 Å². The second-order valence-electron chi connectivity index (χ2n) is 6.83. The molecular formula is C22H14N2O6S2. The summed E-state index contributed by atoms with van der Waals surface area (Å²) in [5, 5.41) is 20.1. The van der Waals surface area contributed by atoms with E-state index in [2.05, 4.69) is 0 Å². The van der Waals surface area contributed by atoms with E-state index >= 15 is 0 Å². The third-order valence-corrected chi connectivity index (χ3v) is 6.06. The Bertz CT molecular complexity index is 1310. The van der Waals surface area contributed by atoms with Gasteiger partial charge in [0.1, 0.15) is 11.5 Å². The summed E-state index contributed by atoms with van der Waals surface area (Å²) in [6.45, 7) is 1.77. The van der Waals surface area contributed by atoms with Crippen LogP contribution in [0.25, 0.3) is 17.4 Å². The van der Waals surface area contributed by atoms with Crippen LogP contribution in [-0.4, -0.2) is 26.2 Å². The summed E-state index contributed by atoms with van der Waals surface area (Å²) in [7, 11) is 0. The third kappa shape index (κ3) is 4.05. The molecule has 160 valence electrons. The molecular weight excluding hydrogens is 452 g/mol. The fourth-order valence-corrected chi connectivity index (χ4v) is 4.39. The maximum Gasteiger partial charge on any atom is 0.335 e. The van der Waals surface area contributed by atoms with Crippen LogP contribution in [0.3, 0.4) is 0 Å². The smallest absolute Gasteiger partial charge is 0.335 e. The molecule has 0 unspecified atom stereocenters. The number of non-ortho nitro benzene ring substituents is 1. The van der Waals surface area contributed by atoms with Crippen LogP contribution in [0.1, 0.15) is 21.7 Å². The number of thiocarbonyl (C=S) groups is 1. The summed E-state index contributed by atoms with van der Waals surface area (Å²) in [6.07, 6.45) is 1.56. The molecule has 0 spiro atoms. The van der Waals surface area contributed by atoms with Gasteiger partial charge in [-0.1, -0.05) is 30.0 Å². The van der Waals surface area contributed by atoms with Crippen molar-refractivity contribution in [3.8, 4) is 11.3 Å². The fourth-order valence-electron chi connectivity index (χ4n) is 3.12. The minimum Gasteiger partial charge on any atom is -0.478 e. The van der Waals surface area contributed by atoms with Crippen LogP contribution >= 0.6 is 24.0 Å². The first-order valence-corrected chi connectivity index (χ1v) is 10.4. The molecule has 0 saturated carbocycles. The highest BCUT2D eigenvalue weighted by Crippen LogP contribution is 2.38. The Morgan fingerprint density at radius 3 is 2.56 bits per heavy atom. The standard InChI is InChI=1S/C22H14N2O6S2/c1-12-2-3-14(21(26)27)10-17(12)23-20(25)19(32-22(23)31)11-16-8-9-18(30-16)13-4-6-15(7-5-13)24(28)29/h2-11H,1H3,(H,26,27). The number of hydrogen-bond acceptors (Lipinski definition) is 7. The average molecular weight is 466 g/mol. The van der Waals surface area contributed by atoms with Gasteiger partial charge in [-0.05, 0) is 48.9 Å². The van der Waals surface area contributed by atoms with Crippen LogP contribution in [0, 0.1) is 17.0 Å². The van der Waals surface area contributed by atoms with Crippen molar-refractivity contribution in [1.29, 1.82) is 0 Å². The molecule has 1 saturated heterocycles. The quantitative estimate of drug-likeness (QED) is 0.234. The van der Waals surface area contributed by atoms with Gasteiger partial charge in [0.2, 0.25) is 0 Å². The molecule has 0 atom stereocenters. The van der Waals surface area contributed by atoms with E-state index in [4.69, 9.17) is 16.6 Å². The number of carbonyl (C=O) groups is 2. The first-order valence-electron chi connectivity index (χ1n) is 9.21. The number of anilines is 1. The molecule has 1 N–H and O–H groups in total. The maximum atomic E-state index is 13.0. The van der Waals surface area contributed by atoms with Gasteiger partial charge >= 0.3 is 5.97 Å². The molecule has 10 heteroatoms. The molecule has 1 amide bonds. The first kappa shape index (κ1) is 21.5. The minimum atomic E-state index is -1.10. The van der Waals surface area contributed by atoms with Gasteiger partial charge in [0, 0.05) is 23.8 Å². The van der Waals surface area contributed by atoms with Gasteiger partial charge in [-0.2, -0.15) is 0 Å². The van der Waals surface area contributed by atoms with Crippen molar-refractivity contribution in [3.63, 3.8) is 0 Å². The van der Waals surface area contributed by atoms with E-state index in [0.29, 0.717) is 33.2 Å². The average Bonchev–Trinajstić information content (AvgIpc) is 3.33. The van der Waals surface area contributed by atoms with E-state index in [1.807, 2.05) is 0 Å². The molecule has 3 aromatic rings. The highest BCUT2D eigenvalue weighted by atomic mass is 32.2. The lowest BCUT2D eigenvalue weighted by molar-refractivity contribution is -0.384.